The van der Waals surface area contributed by atoms with Gasteiger partial charge in [0.2, 0.25) is 0 Å². The van der Waals surface area contributed by atoms with Crippen LogP contribution in [-0.2, 0) is 5.41 Å². The van der Waals surface area contributed by atoms with E-state index in [0.717, 1.165) is 25.9 Å². The number of nitrogens with one attached hydrogen (secondary N) is 2. The summed E-state index contributed by atoms with van der Waals surface area (Å²) in [6, 6.07) is 8.63. The van der Waals surface area contributed by atoms with E-state index >= 15 is 0 Å². The summed E-state index contributed by atoms with van der Waals surface area (Å²) < 4.78 is 1.84. The van der Waals surface area contributed by atoms with E-state index in [2.05, 4.69) is 53.8 Å². The second-order valence-corrected chi connectivity index (χ2v) is 7.45. The third-order valence-corrected chi connectivity index (χ3v) is 4.99. The van der Waals surface area contributed by atoms with Crippen LogP contribution in [0.15, 0.2) is 30.5 Å². The summed E-state index contributed by atoms with van der Waals surface area (Å²) in [5, 5.41) is 14.6. The van der Waals surface area contributed by atoms with Crippen molar-refractivity contribution < 1.29 is 4.79 Å². The van der Waals surface area contributed by atoms with Crippen molar-refractivity contribution in [3.63, 3.8) is 0 Å². The minimum absolute atomic E-state index is 0. The van der Waals surface area contributed by atoms with Gasteiger partial charge in [0.05, 0.1) is 12.2 Å². The predicted molar refractivity (Wildman–Crippen MR) is 105 cm³/mol. The molecule has 3 rings (SSSR count). The maximum absolute atomic E-state index is 12.5. The molecule has 1 fully saturated rings. The minimum atomic E-state index is -0.165. The molecule has 0 radical (unpaired) electrons. The average Bonchev–Trinajstić information content (AvgIpc) is 3.11. The molecule has 2 N–H and O–H groups in total. The highest BCUT2D eigenvalue weighted by Crippen LogP contribution is 2.25. The third kappa shape index (κ3) is 4.62. The Morgan fingerprint density at radius 3 is 2.69 bits per heavy atom. The smallest absolute Gasteiger partial charge is 0.273 e. The lowest BCUT2D eigenvalue weighted by Gasteiger charge is -2.27. The van der Waals surface area contributed by atoms with Gasteiger partial charge in [0, 0.05) is 12.0 Å². The molecule has 0 unspecified atom stereocenters. The number of rotatable bonds is 5. The van der Waals surface area contributed by atoms with Gasteiger partial charge in [-0.05, 0) is 44.0 Å². The molecule has 2 heterocycles. The van der Waals surface area contributed by atoms with E-state index in [-0.39, 0.29) is 23.7 Å². The Balaban J connectivity index is 0.00000243. The van der Waals surface area contributed by atoms with Crippen LogP contribution in [0.4, 0.5) is 0 Å². The summed E-state index contributed by atoms with van der Waals surface area (Å²) in [7, 11) is 0. The van der Waals surface area contributed by atoms with E-state index in [1.807, 2.05) is 16.8 Å². The number of carbonyl (C=O) groups excluding carboxylic acids is 1. The van der Waals surface area contributed by atoms with Crippen LogP contribution >= 0.6 is 12.4 Å². The summed E-state index contributed by atoms with van der Waals surface area (Å²) in [4.78, 5) is 12.5. The number of amides is 1. The van der Waals surface area contributed by atoms with E-state index in [0.29, 0.717) is 18.3 Å². The first kappa shape index (κ1) is 20.4. The van der Waals surface area contributed by atoms with Crippen molar-refractivity contribution in [3.8, 4) is 0 Å². The van der Waals surface area contributed by atoms with Crippen molar-refractivity contribution in [2.75, 3.05) is 19.6 Å². The van der Waals surface area contributed by atoms with Crippen molar-refractivity contribution in [2.24, 2.45) is 0 Å². The van der Waals surface area contributed by atoms with Crippen LogP contribution < -0.4 is 10.6 Å². The Labute approximate surface area is 161 Å². The zero-order valence-corrected chi connectivity index (χ0v) is 16.5. The van der Waals surface area contributed by atoms with Crippen molar-refractivity contribution in [3.05, 3.63) is 47.3 Å². The lowest BCUT2D eigenvalue weighted by molar-refractivity contribution is 0.0940. The first-order valence-electron chi connectivity index (χ1n) is 8.94. The topological polar surface area (TPSA) is 71.8 Å². The SMILES string of the molecule is Cc1ccccc1C(C)(C)CNC(=O)c1cn(C2CCNCC2)nn1.Cl. The Kier molecular flexibility index (Phi) is 6.78. The molecule has 0 bridgehead atoms. The Hall–Kier alpha value is -1.92. The fraction of sp³-hybridized carbons (Fsp3) is 0.526. The fourth-order valence-electron chi connectivity index (χ4n) is 3.45. The zero-order chi connectivity index (χ0) is 17.9. The first-order valence-corrected chi connectivity index (χ1v) is 8.94. The van der Waals surface area contributed by atoms with Crippen molar-refractivity contribution in [1.82, 2.24) is 25.6 Å². The maximum atomic E-state index is 12.5. The molecule has 1 amide bonds. The number of hydrogen-bond acceptors (Lipinski definition) is 4. The molecule has 0 saturated carbocycles. The Morgan fingerprint density at radius 2 is 2.00 bits per heavy atom. The minimum Gasteiger partial charge on any atom is -0.350 e. The van der Waals surface area contributed by atoms with Crippen LogP contribution in [0.3, 0.4) is 0 Å². The summed E-state index contributed by atoms with van der Waals surface area (Å²) >= 11 is 0. The maximum Gasteiger partial charge on any atom is 0.273 e. The molecular formula is C19H28ClN5O. The van der Waals surface area contributed by atoms with E-state index < -0.39 is 0 Å². The van der Waals surface area contributed by atoms with Crippen molar-refractivity contribution in [1.29, 1.82) is 0 Å². The predicted octanol–water partition coefficient (Wildman–Crippen LogP) is 2.64. The Bertz CT molecular complexity index is 737. The number of benzene rings is 1. The van der Waals surface area contributed by atoms with Crippen LogP contribution in [0.1, 0.15) is 54.3 Å². The lowest BCUT2D eigenvalue weighted by atomic mass is 9.82. The number of nitrogens with zero attached hydrogens (tertiary/aromatic N) is 3. The molecule has 7 heteroatoms. The van der Waals surface area contributed by atoms with Crippen LogP contribution in [0.5, 0.6) is 0 Å². The van der Waals surface area contributed by atoms with E-state index in [9.17, 15) is 4.79 Å². The third-order valence-electron chi connectivity index (χ3n) is 4.99. The molecule has 1 aliphatic rings. The highest BCUT2D eigenvalue weighted by Gasteiger charge is 2.24. The van der Waals surface area contributed by atoms with Gasteiger partial charge in [-0.3, -0.25) is 4.79 Å². The molecule has 0 spiro atoms. The molecule has 26 heavy (non-hydrogen) atoms. The molecule has 1 aromatic heterocycles. The van der Waals surface area contributed by atoms with Crippen LogP contribution in [0.2, 0.25) is 0 Å². The second kappa shape index (κ2) is 8.64. The summed E-state index contributed by atoms with van der Waals surface area (Å²) in [5.74, 6) is -0.165. The average molecular weight is 378 g/mol. The van der Waals surface area contributed by atoms with Gasteiger partial charge in [-0.25, -0.2) is 4.68 Å². The number of hydrogen-bond donors (Lipinski definition) is 2. The van der Waals surface area contributed by atoms with E-state index in [4.69, 9.17) is 0 Å². The molecular weight excluding hydrogens is 350 g/mol. The molecule has 6 nitrogen and oxygen atoms in total. The second-order valence-electron chi connectivity index (χ2n) is 7.45. The number of aromatic nitrogens is 3. The first-order chi connectivity index (χ1) is 12.0. The highest BCUT2D eigenvalue weighted by molar-refractivity contribution is 5.91. The molecule has 0 atom stereocenters. The van der Waals surface area contributed by atoms with Crippen molar-refractivity contribution in [2.45, 2.75) is 45.1 Å². The normalized spacial score (nSPS) is 15.3. The highest BCUT2D eigenvalue weighted by atomic mass is 35.5. The van der Waals surface area contributed by atoms with Crippen molar-refractivity contribution >= 4 is 18.3 Å². The molecule has 0 aliphatic carbocycles. The molecule has 2 aromatic rings. The van der Waals surface area contributed by atoms with Gasteiger partial charge in [-0.15, -0.1) is 17.5 Å². The number of carbonyl (C=O) groups is 1. The summed E-state index contributed by atoms with van der Waals surface area (Å²) in [6.07, 6.45) is 3.81. The molecule has 1 aliphatic heterocycles. The monoisotopic (exact) mass is 377 g/mol. The van der Waals surface area contributed by atoms with Crippen LogP contribution in [0.25, 0.3) is 0 Å². The van der Waals surface area contributed by atoms with Gasteiger partial charge in [0.15, 0.2) is 5.69 Å². The van der Waals surface area contributed by atoms with Gasteiger partial charge in [0.1, 0.15) is 0 Å². The number of aryl methyl sites for hydroxylation is 1. The van der Waals surface area contributed by atoms with Gasteiger partial charge < -0.3 is 10.6 Å². The van der Waals surface area contributed by atoms with Gasteiger partial charge in [0.25, 0.3) is 5.91 Å². The van der Waals surface area contributed by atoms with E-state index in [1.165, 1.54) is 11.1 Å². The Morgan fingerprint density at radius 1 is 1.31 bits per heavy atom. The largest absolute Gasteiger partial charge is 0.350 e. The van der Waals surface area contributed by atoms with E-state index in [1.54, 1.807) is 6.20 Å². The summed E-state index contributed by atoms with van der Waals surface area (Å²) in [5.41, 5.74) is 2.72. The number of halogens is 1. The lowest BCUT2D eigenvalue weighted by Crippen LogP contribution is -2.37. The van der Waals surface area contributed by atoms with Gasteiger partial charge in [-0.2, -0.15) is 0 Å². The van der Waals surface area contributed by atoms with Crippen LogP contribution in [0, 0.1) is 6.92 Å². The summed E-state index contributed by atoms with van der Waals surface area (Å²) in [6.45, 7) is 8.90. The number of piperidine rings is 1. The van der Waals surface area contributed by atoms with Gasteiger partial charge >= 0.3 is 0 Å². The molecule has 1 saturated heterocycles. The standard InChI is InChI=1S/C19H27N5O.ClH/c1-14-6-4-5-7-16(14)19(2,3)13-21-18(25)17-12-24(23-22-17)15-8-10-20-11-9-15;/h4-7,12,15,20H,8-11,13H2,1-3H3,(H,21,25);1H. The zero-order valence-electron chi connectivity index (χ0n) is 15.7. The van der Waals surface area contributed by atoms with Crippen LogP contribution in [-0.4, -0.2) is 40.5 Å². The molecule has 1 aromatic carbocycles. The fourth-order valence-corrected chi connectivity index (χ4v) is 3.45. The quantitative estimate of drug-likeness (QED) is 0.840. The molecule has 142 valence electrons. The van der Waals surface area contributed by atoms with Gasteiger partial charge in [-0.1, -0.05) is 43.3 Å².